The van der Waals surface area contributed by atoms with Gasteiger partial charge in [-0.2, -0.15) is 5.26 Å². The van der Waals surface area contributed by atoms with Crippen LogP contribution in [0.1, 0.15) is 19.8 Å². The molecule has 13 heavy (non-hydrogen) atoms. The fourth-order valence-corrected chi connectivity index (χ4v) is 1.35. The fourth-order valence-electron chi connectivity index (χ4n) is 1.35. The quantitative estimate of drug-likeness (QED) is 0.642. The van der Waals surface area contributed by atoms with Crippen molar-refractivity contribution in [1.29, 1.82) is 5.26 Å². The molecule has 0 aromatic heterocycles. The Morgan fingerprint density at radius 2 is 2.62 bits per heavy atom. The molecule has 1 saturated heterocycles. The molecule has 0 aromatic rings. The van der Waals surface area contributed by atoms with Crippen LogP contribution in [0.4, 0.5) is 0 Å². The third-order valence-corrected chi connectivity index (χ3v) is 2.15. The van der Waals surface area contributed by atoms with E-state index in [1.807, 2.05) is 6.92 Å². The molecule has 0 radical (unpaired) electrons. The minimum atomic E-state index is 0.0390. The van der Waals surface area contributed by atoms with E-state index < -0.39 is 0 Å². The zero-order chi connectivity index (χ0) is 9.68. The number of nitriles is 1. The van der Waals surface area contributed by atoms with Gasteiger partial charge in [-0.05, 0) is 13.3 Å². The van der Waals surface area contributed by atoms with E-state index in [9.17, 15) is 4.79 Å². The fraction of sp³-hybridized carbons (Fsp3) is 0.778. The summed E-state index contributed by atoms with van der Waals surface area (Å²) < 4.78 is 0. The molecule has 2 atom stereocenters. The van der Waals surface area contributed by atoms with Crippen LogP contribution in [0.2, 0.25) is 0 Å². The van der Waals surface area contributed by atoms with Gasteiger partial charge >= 0.3 is 0 Å². The average Bonchev–Trinajstić information content (AvgIpc) is 2.51. The summed E-state index contributed by atoms with van der Waals surface area (Å²) in [5, 5.41) is 14.5. The summed E-state index contributed by atoms with van der Waals surface area (Å²) in [4.78, 5) is 10.8. The average molecular weight is 181 g/mol. The molecule has 1 amide bonds. The minimum absolute atomic E-state index is 0.0390. The van der Waals surface area contributed by atoms with Gasteiger partial charge in [0.05, 0.1) is 12.0 Å². The van der Waals surface area contributed by atoms with Crippen molar-refractivity contribution in [3.05, 3.63) is 0 Å². The van der Waals surface area contributed by atoms with Crippen molar-refractivity contribution in [2.45, 2.75) is 25.8 Å². The summed E-state index contributed by atoms with van der Waals surface area (Å²) in [5.74, 6) is 0.178. The van der Waals surface area contributed by atoms with E-state index in [2.05, 4.69) is 16.7 Å². The molecule has 1 aliphatic rings. The molecule has 4 nitrogen and oxygen atoms in total. The van der Waals surface area contributed by atoms with Crippen LogP contribution >= 0.6 is 0 Å². The van der Waals surface area contributed by atoms with E-state index in [4.69, 9.17) is 5.26 Å². The minimum Gasteiger partial charge on any atom is -0.352 e. The second-order valence-electron chi connectivity index (χ2n) is 3.49. The first kappa shape index (κ1) is 10.0. The first-order chi connectivity index (χ1) is 6.22. The zero-order valence-electron chi connectivity index (χ0n) is 7.84. The van der Waals surface area contributed by atoms with Crippen LogP contribution in [-0.2, 0) is 4.79 Å². The molecule has 0 spiro atoms. The number of hydrogen-bond acceptors (Lipinski definition) is 3. The van der Waals surface area contributed by atoms with Crippen LogP contribution in [0.15, 0.2) is 0 Å². The summed E-state index contributed by atoms with van der Waals surface area (Å²) in [5.41, 5.74) is 0. The largest absolute Gasteiger partial charge is 0.352 e. The zero-order valence-corrected chi connectivity index (χ0v) is 7.84. The highest BCUT2D eigenvalue weighted by Crippen LogP contribution is 2.04. The molecule has 0 bridgehead atoms. The van der Waals surface area contributed by atoms with Crippen molar-refractivity contribution in [2.24, 2.45) is 5.92 Å². The maximum absolute atomic E-state index is 10.8. The molecule has 4 heteroatoms. The lowest BCUT2D eigenvalue weighted by Gasteiger charge is -2.11. The first-order valence-corrected chi connectivity index (χ1v) is 4.62. The van der Waals surface area contributed by atoms with Gasteiger partial charge in [-0.15, -0.1) is 0 Å². The van der Waals surface area contributed by atoms with Gasteiger partial charge in [0, 0.05) is 25.6 Å². The van der Waals surface area contributed by atoms with Crippen molar-refractivity contribution >= 4 is 5.91 Å². The Kier molecular flexibility index (Phi) is 3.71. The molecule has 0 aliphatic carbocycles. The molecule has 1 rings (SSSR count). The highest BCUT2D eigenvalue weighted by atomic mass is 16.1. The van der Waals surface area contributed by atoms with Crippen LogP contribution in [0.25, 0.3) is 0 Å². The van der Waals surface area contributed by atoms with E-state index in [-0.39, 0.29) is 17.9 Å². The summed E-state index contributed by atoms with van der Waals surface area (Å²) in [7, 11) is 0. The summed E-state index contributed by atoms with van der Waals surface area (Å²) in [6.07, 6.45) is 1.55. The van der Waals surface area contributed by atoms with E-state index >= 15 is 0 Å². The molecule has 2 unspecified atom stereocenters. The lowest BCUT2D eigenvalue weighted by Crippen LogP contribution is -2.37. The molecular weight excluding hydrogens is 166 g/mol. The Morgan fingerprint density at radius 1 is 1.85 bits per heavy atom. The van der Waals surface area contributed by atoms with Crippen LogP contribution in [0.3, 0.4) is 0 Å². The van der Waals surface area contributed by atoms with Crippen molar-refractivity contribution in [1.82, 2.24) is 10.6 Å². The Balaban J connectivity index is 2.07. The van der Waals surface area contributed by atoms with Crippen molar-refractivity contribution < 1.29 is 4.79 Å². The van der Waals surface area contributed by atoms with Gasteiger partial charge in [-0.25, -0.2) is 0 Å². The topological polar surface area (TPSA) is 64.9 Å². The molecule has 1 heterocycles. The van der Waals surface area contributed by atoms with Gasteiger partial charge < -0.3 is 10.6 Å². The van der Waals surface area contributed by atoms with Gasteiger partial charge in [0.15, 0.2) is 0 Å². The van der Waals surface area contributed by atoms with E-state index in [0.717, 1.165) is 13.0 Å². The summed E-state index contributed by atoms with van der Waals surface area (Å²) >= 11 is 0. The van der Waals surface area contributed by atoms with Crippen molar-refractivity contribution in [2.75, 3.05) is 13.1 Å². The molecule has 1 aliphatic heterocycles. The van der Waals surface area contributed by atoms with E-state index in [0.29, 0.717) is 13.0 Å². The number of carbonyl (C=O) groups excluding carboxylic acids is 1. The SMILES string of the molecule is CC(C#N)CNCC1CCC(=O)N1. The van der Waals surface area contributed by atoms with Gasteiger partial charge in [-0.3, -0.25) is 4.79 Å². The molecule has 1 fully saturated rings. The number of carbonyl (C=O) groups is 1. The van der Waals surface area contributed by atoms with E-state index in [1.165, 1.54) is 0 Å². The van der Waals surface area contributed by atoms with Crippen LogP contribution in [-0.4, -0.2) is 25.0 Å². The van der Waals surface area contributed by atoms with Gasteiger partial charge in [-0.1, -0.05) is 0 Å². The van der Waals surface area contributed by atoms with Crippen molar-refractivity contribution in [3.63, 3.8) is 0 Å². The smallest absolute Gasteiger partial charge is 0.220 e. The lowest BCUT2D eigenvalue weighted by atomic mass is 10.2. The maximum Gasteiger partial charge on any atom is 0.220 e. The molecule has 72 valence electrons. The molecule has 0 saturated carbocycles. The number of nitrogens with zero attached hydrogens (tertiary/aromatic N) is 1. The second-order valence-corrected chi connectivity index (χ2v) is 3.49. The highest BCUT2D eigenvalue weighted by molar-refractivity contribution is 5.78. The number of hydrogen-bond donors (Lipinski definition) is 2. The van der Waals surface area contributed by atoms with Gasteiger partial charge in [0.25, 0.3) is 0 Å². The van der Waals surface area contributed by atoms with Crippen LogP contribution in [0.5, 0.6) is 0 Å². The number of rotatable bonds is 4. The normalized spacial score (nSPS) is 23.7. The predicted octanol–water partition coefficient (Wildman–Crippen LogP) is 0.0143. The third kappa shape index (κ3) is 3.43. The van der Waals surface area contributed by atoms with E-state index in [1.54, 1.807) is 0 Å². The molecular formula is C9H15N3O. The van der Waals surface area contributed by atoms with Gasteiger partial charge in [0.1, 0.15) is 0 Å². The van der Waals surface area contributed by atoms with Crippen LogP contribution in [0, 0.1) is 17.2 Å². The standard InChI is InChI=1S/C9H15N3O/c1-7(4-10)5-11-6-8-2-3-9(13)12-8/h7-8,11H,2-3,5-6H2,1H3,(H,12,13). The third-order valence-electron chi connectivity index (χ3n) is 2.15. The lowest BCUT2D eigenvalue weighted by molar-refractivity contribution is -0.119. The van der Waals surface area contributed by atoms with Gasteiger partial charge in [0.2, 0.25) is 5.91 Å². The Labute approximate surface area is 78.3 Å². The second kappa shape index (κ2) is 4.83. The number of amides is 1. The molecule has 0 aromatic carbocycles. The summed E-state index contributed by atoms with van der Waals surface area (Å²) in [6, 6.07) is 2.41. The monoisotopic (exact) mass is 181 g/mol. The maximum atomic E-state index is 10.8. The summed E-state index contributed by atoms with van der Waals surface area (Å²) in [6.45, 7) is 3.35. The number of nitrogens with one attached hydrogen (secondary N) is 2. The molecule has 2 N–H and O–H groups in total. The van der Waals surface area contributed by atoms with Crippen molar-refractivity contribution in [3.8, 4) is 6.07 Å². The Hall–Kier alpha value is -1.08. The first-order valence-electron chi connectivity index (χ1n) is 4.62. The highest BCUT2D eigenvalue weighted by Gasteiger charge is 2.19. The predicted molar refractivity (Wildman–Crippen MR) is 48.8 cm³/mol. The van der Waals surface area contributed by atoms with Crippen LogP contribution < -0.4 is 10.6 Å². The Bertz CT molecular complexity index is 221. The Morgan fingerprint density at radius 3 is 3.15 bits per heavy atom.